The Morgan fingerprint density at radius 2 is 1.74 bits per heavy atom. The van der Waals surface area contributed by atoms with E-state index in [9.17, 15) is 4.79 Å². The number of aromatic nitrogens is 1. The van der Waals surface area contributed by atoms with Gasteiger partial charge in [0, 0.05) is 36.8 Å². The minimum atomic E-state index is -0.0246. The maximum Gasteiger partial charge on any atom is 0.260 e. The largest absolute Gasteiger partial charge is 0.379 e. The van der Waals surface area contributed by atoms with Gasteiger partial charge in [-0.2, -0.15) is 0 Å². The van der Waals surface area contributed by atoms with E-state index in [2.05, 4.69) is 17.0 Å². The number of hydrogen-bond donors (Lipinski definition) is 0. The molecule has 3 aromatic carbocycles. The van der Waals surface area contributed by atoms with Crippen molar-refractivity contribution in [1.29, 1.82) is 0 Å². The zero-order valence-electron chi connectivity index (χ0n) is 19.5. The van der Waals surface area contributed by atoms with Crippen LogP contribution in [0.4, 0.5) is 5.13 Å². The molecule has 0 aliphatic carbocycles. The molecule has 4 aromatic rings. The van der Waals surface area contributed by atoms with Crippen LogP contribution in [0.3, 0.4) is 0 Å². The summed E-state index contributed by atoms with van der Waals surface area (Å²) in [4.78, 5) is 22.7. The van der Waals surface area contributed by atoms with Gasteiger partial charge >= 0.3 is 0 Å². The third kappa shape index (κ3) is 6.08. The Morgan fingerprint density at radius 3 is 2.51 bits per heavy atom. The fraction of sp³-hybridized carbons (Fsp3) is 0.286. The summed E-state index contributed by atoms with van der Waals surface area (Å²) in [7, 11) is 0. The minimum absolute atomic E-state index is 0.0246. The van der Waals surface area contributed by atoms with Crippen LogP contribution in [0.25, 0.3) is 10.2 Å². The van der Waals surface area contributed by atoms with Crippen molar-refractivity contribution in [2.45, 2.75) is 12.8 Å². The van der Waals surface area contributed by atoms with Crippen LogP contribution in [-0.2, 0) is 11.2 Å². The molecule has 0 saturated carbocycles. The fourth-order valence-electron chi connectivity index (χ4n) is 4.32. The van der Waals surface area contributed by atoms with Gasteiger partial charge in [0.1, 0.15) is 0 Å². The molecule has 2 heterocycles. The summed E-state index contributed by atoms with van der Waals surface area (Å²) in [6.07, 6.45) is 1.71. The minimum Gasteiger partial charge on any atom is -0.379 e. The molecule has 1 aliphatic heterocycles. The summed E-state index contributed by atoms with van der Waals surface area (Å²) in [6, 6.07) is 24.0. The molecule has 0 bridgehead atoms. The van der Waals surface area contributed by atoms with E-state index in [-0.39, 0.29) is 5.91 Å². The Balaban J connectivity index is 1.34. The number of morpholine rings is 1. The second-order valence-electron chi connectivity index (χ2n) is 8.73. The van der Waals surface area contributed by atoms with Crippen molar-refractivity contribution < 1.29 is 9.53 Å². The number of ether oxygens (including phenoxy) is 1. The molecule has 1 saturated heterocycles. The fourth-order valence-corrected chi connectivity index (χ4v) is 5.58. The summed E-state index contributed by atoms with van der Waals surface area (Å²) in [6.45, 7) is 4.97. The van der Waals surface area contributed by atoms with E-state index < -0.39 is 0 Å². The number of rotatable bonds is 8. The predicted octanol–water partition coefficient (Wildman–Crippen LogP) is 5.91. The zero-order chi connectivity index (χ0) is 24.0. The van der Waals surface area contributed by atoms with Gasteiger partial charge in [0.05, 0.1) is 23.4 Å². The Bertz CT molecular complexity index is 1270. The molecule has 1 amide bonds. The highest BCUT2D eigenvalue weighted by Gasteiger charge is 2.22. The number of amides is 1. The van der Waals surface area contributed by atoms with Crippen molar-refractivity contribution in [1.82, 2.24) is 9.88 Å². The predicted molar refractivity (Wildman–Crippen MR) is 144 cm³/mol. The van der Waals surface area contributed by atoms with Crippen molar-refractivity contribution in [3.8, 4) is 0 Å². The van der Waals surface area contributed by atoms with Crippen molar-refractivity contribution in [2.75, 3.05) is 44.3 Å². The number of hydrogen-bond acceptors (Lipinski definition) is 5. The monoisotopic (exact) mass is 505 g/mol. The highest BCUT2D eigenvalue weighted by atomic mass is 35.5. The van der Waals surface area contributed by atoms with Gasteiger partial charge in [0.25, 0.3) is 5.91 Å². The molecule has 5 nitrogen and oxygen atoms in total. The number of nitrogens with zero attached hydrogens (tertiary/aromatic N) is 3. The van der Waals surface area contributed by atoms with Gasteiger partial charge in [-0.05, 0) is 54.3 Å². The van der Waals surface area contributed by atoms with Gasteiger partial charge in [-0.15, -0.1) is 0 Å². The number of benzene rings is 3. The lowest BCUT2D eigenvalue weighted by atomic mass is 10.0. The molecule has 7 heteroatoms. The first-order chi connectivity index (χ1) is 17.2. The summed E-state index contributed by atoms with van der Waals surface area (Å²) < 4.78 is 6.44. The topological polar surface area (TPSA) is 45.7 Å². The average molecular weight is 506 g/mol. The maximum absolute atomic E-state index is 13.7. The van der Waals surface area contributed by atoms with Crippen LogP contribution in [0.1, 0.15) is 27.9 Å². The zero-order valence-corrected chi connectivity index (χ0v) is 21.1. The molecule has 0 radical (unpaired) electrons. The van der Waals surface area contributed by atoms with E-state index in [1.54, 1.807) is 0 Å². The lowest BCUT2D eigenvalue weighted by Gasteiger charge is -2.27. The number of carbonyl (C=O) groups is 1. The highest BCUT2D eigenvalue weighted by Crippen LogP contribution is 2.31. The quantitative estimate of drug-likeness (QED) is 0.298. The summed E-state index contributed by atoms with van der Waals surface area (Å²) >= 11 is 7.70. The van der Waals surface area contributed by atoms with Gasteiger partial charge in [-0.25, -0.2) is 4.98 Å². The van der Waals surface area contributed by atoms with Gasteiger partial charge in [-0.3, -0.25) is 14.6 Å². The molecule has 180 valence electrons. The Labute approximate surface area is 214 Å². The molecular weight excluding hydrogens is 478 g/mol. The van der Waals surface area contributed by atoms with Crippen molar-refractivity contribution in [2.24, 2.45) is 0 Å². The standard InChI is InChI=1S/C28H28ClN3O2S/c29-24-11-12-25-26(20-24)35-28(30-25)32(14-4-13-31-15-17-34-18-16-31)27(33)23-9-7-22(8-10-23)19-21-5-2-1-3-6-21/h1-3,5-12,20H,4,13-19H2. The first kappa shape index (κ1) is 23.9. The Hall–Kier alpha value is -2.77. The van der Waals surface area contributed by atoms with Crippen LogP contribution in [0.5, 0.6) is 0 Å². The second kappa shape index (κ2) is 11.3. The summed E-state index contributed by atoms with van der Waals surface area (Å²) in [5, 5.41) is 1.38. The van der Waals surface area contributed by atoms with Crippen LogP contribution in [-0.4, -0.2) is 55.2 Å². The van der Waals surface area contributed by atoms with E-state index in [0.29, 0.717) is 22.3 Å². The highest BCUT2D eigenvalue weighted by molar-refractivity contribution is 7.22. The number of halogens is 1. The van der Waals surface area contributed by atoms with Crippen LogP contribution >= 0.6 is 22.9 Å². The maximum atomic E-state index is 13.7. The van der Waals surface area contributed by atoms with Crippen molar-refractivity contribution in [3.05, 3.63) is 94.5 Å². The van der Waals surface area contributed by atoms with Crippen LogP contribution < -0.4 is 4.90 Å². The third-order valence-electron chi connectivity index (χ3n) is 6.23. The number of anilines is 1. The number of fused-ring (bicyclic) bond motifs is 1. The molecule has 0 spiro atoms. The van der Waals surface area contributed by atoms with Gasteiger partial charge in [0.2, 0.25) is 0 Å². The molecule has 0 atom stereocenters. The van der Waals surface area contributed by atoms with Gasteiger partial charge < -0.3 is 4.74 Å². The van der Waals surface area contributed by atoms with Gasteiger partial charge in [0.15, 0.2) is 5.13 Å². The summed E-state index contributed by atoms with van der Waals surface area (Å²) in [5.41, 5.74) is 3.97. The molecule has 5 rings (SSSR count). The first-order valence-corrected chi connectivity index (χ1v) is 13.2. The molecule has 1 aromatic heterocycles. The van der Waals surface area contributed by atoms with Crippen LogP contribution in [0.15, 0.2) is 72.8 Å². The molecule has 1 aliphatic rings. The van der Waals surface area contributed by atoms with Gasteiger partial charge in [-0.1, -0.05) is 65.4 Å². The van der Waals surface area contributed by atoms with Crippen LogP contribution in [0, 0.1) is 0 Å². The van der Waals surface area contributed by atoms with E-state index in [1.165, 1.54) is 22.5 Å². The first-order valence-electron chi connectivity index (χ1n) is 12.0. The van der Waals surface area contributed by atoms with Crippen LogP contribution in [0.2, 0.25) is 5.02 Å². The summed E-state index contributed by atoms with van der Waals surface area (Å²) in [5.74, 6) is -0.0246. The van der Waals surface area contributed by atoms with E-state index in [1.807, 2.05) is 65.6 Å². The smallest absolute Gasteiger partial charge is 0.260 e. The van der Waals surface area contributed by atoms with E-state index >= 15 is 0 Å². The average Bonchev–Trinajstić information content (AvgIpc) is 3.31. The molecule has 35 heavy (non-hydrogen) atoms. The lowest BCUT2D eigenvalue weighted by Crippen LogP contribution is -2.39. The molecule has 0 unspecified atom stereocenters. The molecular formula is C28H28ClN3O2S. The SMILES string of the molecule is O=C(c1ccc(Cc2ccccc2)cc1)N(CCCN1CCOCC1)c1nc2ccc(Cl)cc2s1. The normalized spacial score (nSPS) is 14.3. The number of carbonyl (C=O) groups excluding carboxylic acids is 1. The van der Waals surface area contributed by atoms with E-state index in [4.69, 9.17) is 21.3 Å². The second-order valence-corrected chi connectivity index (χ2v) is 10.2. The molecule has 1 fully saturated rings. The lowest BCUT2D eigenvalue weighted by molar-refractivity contribution is 0.0376. The Kier molecular flexibility index (Phi) is 7.74. The number of thiazole rings is 1. The third-order valence-corrected chi connectivity index (χ3v) is 7.50. The van der Waals surface area contributed by atoms with E-state index in [0.717, 1.165) is 55.9 Å². The molecule has 0 N–H and O–H groups in total. The van der Waals surface area contributed by atoms with Crippen molar-refractivity contribution in [3.63, 3.8) is 0 Å². The Morgan fingerprint density at radius 1 is 1.00 bits per heavy atom. The van der Waals surface area contributed by atoms with Crippen molar-refractivity contribution >= 4 is 44.2 Å².